The van der Waals surface area contributed by atoms with E-state index in [1.807, 2.05) is 0 Å². The van der Waals surface area contributed by atoms with Gasteiger partial charge in [0.1, 0.15) is 6.67 Å². The quantitative estimate of drug-likeness (QED) is 0.434. The molecule has 0 bridgehead atoms. The van der Waals surface area contributed by atoms with Gasteiger partial charge in [-0.3, -0.25) is 13.9 Å². The fourth-order valence-electron chi connectivity index (χ4n) is 5.04. The largest absolute Gasteiger partial charge is 0.335 e. The highest BCUT2D eigenvalue weighted by Gasteiger charge is 2.40. The van der Waals surface area contributed by atoms with E-state index < -0.39 is 23.5 Å². The summed E-state index contributed by atoms with van der Waals surface area (Å²) < 4.78 is 17.7. The van der Waals surface area contributed by atoms with Crippen LogP contribution in [0.5, 0.6) is 0 Å². The van der Waals surface area contributed by atoms with Gasteiger partial charge in [-0.05, 0) is 75.1 Å². The van der Waals surface area contributed by atoms with Crippen LogP contribution in [0.1, 0.15) is 48.6 Å². The van der Waals surface area contributed by atoms with E-state index in [9.17, 15) is 19.2 Å². The van der Waals surface area contributed by atoms with Crippen LogP contribution in [-0.2, 0) is 18.8 Å². The summed E-state index contributed by atoms with van der Waals surface area (Å²) in [5.41, 5.74) is 9.20. The molecule has 2 aromatic carbocycles. The maximum atomic E-state index is 13.9. The van der Waals surface area contributed by atoms with E-state index in [4.69, 9.17) is 5.73 Å². The normalized spacial score (nSPS) is 14.2. The van der Waals surface area contributed by atoms with E-state index in [2.05, 4.69) is 11.2 Å². The Kier molecular flexibility index (Phi) is 6.13. The molecule has 9 heteroatoms. The molecule has 0 radical (unpaired) electrons. The predicted molar refractivity (Wildman–Crippen MR) is 139 cm³/mol. The van der Waals surface area contributed by atoms with E-state index in [-0.39, 0.29) is 6.54 Å². The number of halogens is 1. The van der Waals surface area contributed by atoms with Crippen molar-refractivity contribution in [3.63, 3.8) is 0 Å². The van der Waals surface area contributed by atoms with Gasteiger partial charge in [-0.25, -0.2) is 13.9 Å². The molecule has 2 N–H and O–H groups in total. The fourth-order valence-corrected chi connectivity index (χ4v) is 5.04. The van der Waals surface area contributed by atoms with E-state index in [0.717, 1.165) is 24.8 Å². The van der Waals surface area contributed by atoms with Crippen LogP contribution in [0, 0.1) is 18.3 Å². The van der Waals surface area contributed by atoms with Gasteiger partial charge in [0.2, 0.25) is 0 Å². The van der Waals surface area contributed by atoms with Gasteiger partial charge < -0.3 is 5.73 Å². The Morgan fingerprint density at radius 1 is 1.14 bits per heavy atom. The Morgan fingerprint density at radius 2 is 1.86 bits per heavy atom. The fraction of sp³-hybridized carbons (Fsp3) is 0.286. The molecule has 0 unspecified atom stereocenters. The van der Waals surface area contributed by atoms with Crippen molar-refractivity contribution in [3.8, 4) is 28.7 Å². The van der Waals surface area contributed by atoms with Crippen LogP contribution >= 0.6 is 0 Å². The number of nitrogens with two attached hydrogens (primary N) is 1. The van der Waals surface area contributed by atoms with Gasteiger partial charge in [0.25, 0.3) is 5.56 Å². The van der Waals surface area contributed by atoms with Gasteiger partial charge >= 0.3 is 5.69 Å². The Balaban J connectivity index is 1.87. The van der Waals surface area contributed by atoms with Crippen LogP contribution < -0.4 is 17.0 Å². The minimum absolute atomic E-state index is 0.155. The molecule has 1 aliphatic rings. The van der Waals surface area contributed by atoms with Crippen LogP contribution in [0.2, 0.25) is 0 Å². The van der Waals surface area contributed by atoms with Gasteiger partial charge in [0.05, 0.1) is 40.5 Å². The van der Waals surface area contributed by atoms with Gasteiger partial charge in [0, 0.05) is 23.3 Å². The number of hydrogen-bond acceptors (Lipinski definition) is 5. The molecule has 0 aliphatic heterocycles. The monoisotopic (exact) mass is 498 g/mol. The molecule has 4 aromatic rings. The number of nitriles is 1. The average molecular weight is 499 g/mol. The topological polar surface area (TPSA) is 112 Å². The molecule has 0 atom stereocenters. The van der Waals surface area contributed by atoms with E-state index in [1.165, 1.54) is 9.13 Å². The first-order valence-corrected chi connectivity index (χ1v) is 12.2. The summed E-state index contributed by atoms with van der Waals surface area (Å²) in [5.74, 6) is 0. The maximum Gasteiger partial charge on any atom is 0.335 e. The van der Waals surface area contributed by atoms with Crippen LogP contribution in [0.25, 0.3) is 22.6 Å². The third-order valence-electron chi connectivity index (χ3n) is 7.25. The van der Waals surface area contributed by atoms with Crippen molar-refractivity contribution in [1.82, 2.24) is 18.9 Å². The highest BCUT2D eigenvalue weighted by atomic mass is 19.1. The predicted octanol–water partition coefficient (Wildman–Crippen LogP) is 3.86. The van der Waals surface area contributed by atoms with Gasteiger partial charge in [-0.15, -0.1) is 0 Å². The van der Waals surface area contributed by atoms with Crippen molar-refractivity contribution in [2.24, 2.45) is 5.73 Å². The summed E-state index contributed by atoms with van der Waals surface area (Å²) in [7, 11) is 0. The second-order valence-electron chi connectivity index (χ2n) is 9.42. The standard InChI is InChI=1S/C28H27FN6O2/c1-3-33-26(36)24(18(2)34(27(33)37)22-7-4-6-20(14-22)15-29)25-23(28(31)12-5-13-28)17-32-35(25)21-10-8-19(16-30)9-11-21/h4,6-11,14,17H,3,5,12-13,15,31H2,1-2H3. The van der Waals surface area contributed by atoms with Crippen LogP contribution in [0.4, 0.5) is 4.39 Å². The lowest BCUT2D eigenvalue weighted by Crippen LogP contribution is -2.45. The summed E-state index contributed by atoms with van der Waals surface area (Å²) in [5, 5.41) is 13.9. The number of hydrogen-bond donors (Lipinski definition) is 1. The number of alkyl halides is 1. The second kappa shape index (κ2) is 9.30. The van der Waals surface area contributed by atoms with Crippen molar-refractivity contribution in [2.45, 2.75) is 51.9 Å². The van der Waals surface area contributed by atoms with Crippen LogP contribution in [-0.4, -0.2) is 18.9 Å². The SMILES string of the molecule is CCn1c(=O)c(-c2c(C3(N)CCC3)cnn2-c2ccc(C#N)cc2)c(C)n(-c2cccc(CF)c2)c1=O. The molecule has 37 heavy (non-hydrogen) atoms. The van der Waals surface area contributed by atoms with Crippen LogP contribution in [0.3, 0.4) is 0 Å². The minimum atomic E-state index is -0.673. The summed E-state index contributed by atoms with van der Waals surface area (Å²) in [6.07, 6.45) is 4.16. The lowest BCUT2D eigenvalue weighted by atomic mass is 9.72. The molecule has 8 nitrogen and oxygen atoms in total. The Labute approximate surface area is 213 Å². The van der Waals surface area contributed by atoms with Crippen molar-refractivity contribution < 1.29 is 4.39 Å². The molecule has 1 saturated carbocycles. The minimum Gasteiger partial charge on any atom is -0.321 e. The van der Waals surface area contributed by atoms with E-state index in [1.54, 1.807) is 73.3 Å². The van der Waals surface area contributed by atoms with Crippen molar-refractivity contribution in [3.05, 3.63) is 98.0 Å². The third-order valence-corrected chi connectivity index (χ3v) is 7.25. The highest BCUT2D eigenvalue weighted by Crippen LogP contribution is 2.43. The number of aromatic nitrogens is 4. The molecule has 1 fully saturated rings. The van der Waals surface area contributed by atoms with Crippen molar-refractivity contribution in [1.29, 1.82) is 5.26 Å². The first kappa shape index (κ1) is 24.4. The lowest BCUT2D eigenvalue weighted by Gasteiger charge is -2.38. The van der Waals surface area contributed by atoms with Gasteiger partial charge in [-0.2, -0.15) is 10.4 Å². The highest BCUT2D eigenvalue weighted by molar-refractivity contribution is 5.69. The van der Waals surface area contributed by atoms with Crippen molar-refractivity contribution >= 4 is 0 Å². The van der Waals surface area contributed by atoms with Crippen molar-refractivity contribution in [2.75, 3.05) is 0 Å². The molecule has 0 spiro atoms. The molecule has 2 aromatic heterocycles. The Bertz CT molecular complexity index is 1650. The molecule has 0 saturated heterocycles. The number of rotatable bonds is 6. The van der Waals surface area contributed by atoms with Gasteiger partial charge in [0.15, 0.2) is 0 Å². The second-order valence-corrected chi connectivity index (χ2v) is 9.42. The average Bonchev–Trinajstić information content (AvgIpc) is 3.32. The summed E-state index contributed by atoms with van der Waals surface area (Å²) >= 11 is 0. The Hall–Kier alpha value is -4.29. The molecular weight excluding hydrogens is 471 g/mol. The molecule has 2 heterocycles. The van der Waals surface area contributed by atoms with Gasteiger partial charge in [-0.1, -0.05) is 12.1 Å². The molecule has 0 amide bonds. The summed E-state index contributed by atoms with van der Waals surface area (Å²) in [6, 6.07) is 15.7. The smallest absolute Gasteiger partial charge is 0.321 e. The zero-order valence-electron chi connectivity index (χ0n) is 20.7. The van der Waals surface area contributed by atoms with Crippen LogP contribution in [0.15, 0.2) is 64.3 Å². The lowest BCUT2D eigenvalue weighted by molar-refractivity contribution is 0.254. The van der Waals surface area contributed by atoms with E-state index in [0.29, 0.717) is 39.5 Å². The Morgan fingerprint density at radius 3 is 2.46 bits per heavy atom. The first-order valence-electron chi connectivity index (χ1n) is 12.2. The maximum absolute atomic E-state index is 13.9. The number of nitrogens with zero attached hydrogens (tertiary/aromatic N) is 5. The molecule has 5 rings (SSSR count). The molecule has 188 valence electrons. The number of benzene rings is 2. The summed E-state index contributed by atoms with van der Waals surface area (Å²) in [4.78, 5) is 27.4. The summed E-state index contributed by atoms with van der Waals surface area (Å²) in [6.45, 7) is 2.93. The first-order chi connectivity index (χ1) is 17.8. The van der Waals surface area contributed by atoms with E-state index >= 15 is 0 Å². The zero-order chi connectivity index (χ0) is 26.3. The molecular formula is C28H27FN6O2. The third kappa shape index (κ3) is 3.90. The zero-order valence-corrected chi connectivity index (χ0v) is 20.7. The molecule has 1 aliphatic carbocycles.